The fraction of sp³-hybridized carbons (Fsp3) is 0.231. The van der Waals surface area contributed by atoms with Crippen LogP contribution in [0.5, 0.6) is 0 Å². The van der Waals surface area contributed by atoms with Crippen LogP contribution in [0.2, 0.25) is 0 Å². The third-order valence-electron chi connectivity index (χ3n) is 5.60. The summed E-state index contributed by atoms with van der Waals surface area (Å²) < 4.78 is 0. The first-order chi connectivity index (χ1) is 14.5. The van der Waals surface area contributed by atoms with Crippen LogP contribution >= 0.6 is 0 Å². The molecule has 0 aliphatic carbocycles. The average molecular weight is 398 g/mol. The van der Waals surface area contributed by atoms with E-state index in [1.807, 2.05) is 42.6 Å². The molecule has 0 fully saturated rings. The number of nitrogens with one attached hydrogen (secondary N) is 2. The van der Waals surface area contributed by atoms with Crippen LogP contribution in [0.15, 0.2) is 60.8 Å². The first kappa shape index (κ1) is 19.9. The second-order valence-corrected chi connectivity index (χ2v) is 7.94. The van der Waals surface area contributed by atoms with Crippen LogP contribution < -0.4 is 5.32 Å². The van der Waals surface area contributed by atoms with Gasteiger partial charge in [0.2, 0.25) is 5.91 Å². The van der Waals surface area contributed by atoms with Gasteiger partial charge in [0.1, 0.15) is 0 Å². The molecule has 2 N–H and O–H groups in total. The van der Waals surface area contributed by atoms with E-state index in [1.165, 1.54) is 27.6 Å². The van der Waals surface area contributed by atoms with Gasteiger partial charge in [0.05, 0.1) is 11.4 Å². The highest BCUT2D eigenvalue weighted by atomic mass is 16.1. The number of benzene rings is 2. The number of aromatic amines is 1. The zero-order valence-electron chi connectivity index (χ0n) is 17.8. The molecular formula is C26H27N3O. The zero-order chi connectivity index (χ0) is 21.1. The van der Waals surface area contributed by atoms with Gasteiger partial charge >= 0.3 is 0 Å². The molecule has 0 aliphatic rings. The number of nitrogens with zero attached hydrogens (tertiary/aromatic N) is 1. The van der Waals surface area contributed by atoms with E-state index in [1.54, 1.807) is 0 Å². The number of anilines is 1. The first-order valence-electron chi connectivity index (χ1n) is 10.4. The lowest BCUT2D eigenvalue weighted by Gasteiger charge is -2.08. The van der Waals surface area contributed by atoms with Crippen LogP contribution in [0.1, 0.15) is 35.1 Å². The second-order valence-electron chi connectivity index (χ2n) is 7.94. The molecular weight excluding hydrogens is 370 g/mol. The number of carbonyl (C=O) groups is 1. The molecule has 2 heterocycles. The van der Waals surface area contributed by atoms with Crippen molar-refractivity contribution in [3.05, 3.63) is 83.0 Å². The molecule has 0 spiro atoms. The summed E-state index contributed by atoms with van der Waals surface area (Å²) in [5, 5.41) is 4.24. The van der Waals surface area contributed by atoms with Crippen molar-refractivity contribution >= 4 is 22.5 Å². The highest BCUT2D eigenvalue weighted by molar-refractivity contribution is 5.92. The van der Waals surface area contributed by atoms with Gasteiger partial charge < -0.3 is 10.3 Å². The van der Waals surface area contributed by atoms with Gasteiger partial charge in [0.15, 0.2) is 0 Å². The van der Waals surface area contributed by atoms with Crippen molar-refractivity contribution in [3.63, 3.8) is 0 Å². The van der Waals surface area contributed by atoms with Gasteiger partial charge in [0.25, 0.3) is 0 Å². The second kappa shape index (κ2) is 8.54. The minimum Gasteiger partial charge on any atom is -0.353 e. The quantitative estimate of drug-likeness (QED) is 0.412. The maximum absolute atomic E-state index is 12.5. The van der Waals surface area contributed by atoms with E-state index in [0.717, 1.165) is 35.4 Å². The van der Waals surface area contributed by atoms with E-state index in [0.29, 0.717) is 6.42 Å². The number of pyridine rings is 1. The van der Waals surface area contributed by atoms with Crippen molar-refractivity contribution in [1.29, 1.82) is 0 Å². The highest BCUT2D eigenvalue weighted by Gasteiger charge is 2.15. The number of carbonyl (C=O) groups excluding carboxylic acids is 1. The molecule has 4 nitrogen and oxygen atoms in total. The summed E-state index contributed by atoms with van der Waals surface area (Å²) >= 11 is 0. The number of amides is 1. The van der Waals surface area contributed by atoms with Crippen LogP contribution in [0.3, 0.4) is 0 Å². The Morgan fingerprint density at radius 1 is 1.00 bits per heavy atom. The summed E-state index contributed by atoms with van der Waals surface area (Å²) in [5.41, 5.74) is 8.81. The predicted octanol–water partition coefficient (Wildman–Crippen LogP) is 6.12. The number of hydrogen-bond donors (Lipinski definition) is 2. The molecule has 0 bridgehead atoms. The Morgan fingerprint density at radius 3 is 2.63 bits per heavy atom. The van der Waals surface area contributed by atoms with Crippen LogP contribution in [0.4, 0.5) is 5.69 Å². The normalized spacial score (nSPS) is 11.0. The maximum atomic E-state index is 12.5. The largest absolute Gasteiger partial charge is 0.353 e. The molecule has 30 heavy (non-hydrogen) atoms. The molecule has 0 saturated heterocycles. The van der Waals surface area contributed by atoms with E-state index < -0.39 is 0 Å². The van der Waals surface area contributed by atoms with Crippen molar-refractivity contribution in [2.24, 2.45) is 0 Å². The number of H-pyrrole nitrogens is 1. The molecule has 4 heteroatoms. The molecule has 4 aromatic rings. The third-order valence-corrected chi connectivity index (χ3v) is 5.60. The molecule has 2 aromatic heterocycles. The van der Waals surface area contributed by atoms with Crippen LogP contribution in [-0.4, -0.2) is 15.9 Å². The van der Waals surface area contributed by atoms with Crippen molar-refractivity contribution in [2.45, 2.75) is 40.0 Å². The molecule has 0 atom stereocenters. The number of fused-ring (bicyclic) bond motifs is 1. The smallest absolute Gasteiger partial charge is 0.224 e. The van der Waals surface area contributed by atoms with E-state index in [2.05, 4.69) is 54.3 Å². The topological polar surface area (TPSA) is 57.8 Å². The summed E-state index contributed by atoms with van der Waals surface area (Å²) in [6, 6.07) is 18.4. The van der Waals surface area contributed by atoms with E-state index in [9.17, 15) is 4.79 Å². The lowest BCUT2D eigenvalue weighted by atomic mass is 10.0. The minimum absolute atomic E-state index is 0.0497. The number of aromatic nitrogens is 2. The van der Waals surface area contributed by atoms with Crippen molar-refractivity contribution in [1.82, 2.24) is 9.97 Å². The molecule has 0 radical (unpaired) electrons. The summed E-state index contributed by atoms with van der Waals surface area (Å²) in [6.07, 6.45) is 3.88. The Kier molecular flexibility index (Phi) is 5.66. The summed E-state index contributed by atoms with van der Waals surface area (Å²) in [5.74, 6) is 0.0497. The van der Waals surface area contributed by atoms with Gasteiger partial charge in [-0.15, -0.1) is 0 Å². The number of rotatable bonds is 6. The predicted molar refractivity (Wildman–Crippen MR) is 124 cm³/mol. The number of hydrogen-bond acceptors (Lipinski definition) is 2. The molecule has 0 unspecified atom stereocenters. The van der Waals surface area contributed by atoms with Crippen molar-refractivity contribution in [2.75, 3.05) is 5.32 Å². The fourth-order valence-electron chi connectivity index (χ4n) is 3.82. The lowest BCUT2D eigenvalue weighted by molar-refractivity contribution is -0.116. The Labute approximate surface area is 177 Å². The Morgan fingerprint density at radius 2 is 1.87 bits per heavy atom. The van der Waals surface area contributed by atoms with E-state index >= 15 is 0 Å². The standard InChI is InChI=1S/C26H27N3O/c1-17-10-13-23-22(15-17)21(26(29-23)24-8-4-5-14-27-24)7-6-9-25(30)28-20-12-11-18(2)19(3)16-20/h4-5,8,10-16,29H,6-7,9H2,1-3H3,(H,28,30). The Bertz CT molecular complexity index is 1190. The first-order valence-corrected chi connectivity index (χ1v) is 10.4. The summed E-state index contributed by atoms with van der Waals surface area (Å²) in [6.45, 7) is 6.24. The molecule has 152 valence electrons. The van der Waals surface area contributed by atoms with Gasteiger partial charge in [-0.05, 0) is 86.7 Å². The molecule has 0 saturated carbocycles. The highest BCUT2D eigenvalue weighted by Crippen LogP contribution is 2.31. The summed E-state index contributed by atoms with van der Waals surface area (Å²) in [4.78, 5) is 20.5. The third kappa shape index (κ3) is 4.28. The lowest BCUT2D eigenvalue weighted by Crippen LogP contribution is -2.11. The molecule has 4 rings (SSSR count). The maximum Gasteiger partial charge on any atom is 0.224 e. The average Bonchev–Trinajstić information content (AvgIpc) is 3.09. The Balaban J connectivity index is 1.51. The minimum atomic E-state index is 0.0497. The van der Waals surface area contributed by atoms with E-state index in [-0.39, 0.29) is 5.91 Å². The molecule has 1 amide bonds. The van der Waals surface area contributed by atoms with Crippen molar-refractivity contribution < 1.29 is 4.79 Å². The van der Waals surface area contributed by atoms with Gasteiger partial charge in [-0.25, -0.2) is 0 Å². The SMILES string of the molecule is Cc1ccc2[nH]c(-c3ccccn3)c(CCCC(=O)Nc3ccc(C)c(C)c3)c2c1. The Hall–Kier alpha value is -3.40. The van der Waals surface area contributed by atoms with Gasteiger partial charge in [-0.1, -0.05) is 23.8 Å². The van der Waals surface area contributed by atoms with Crippen molar-refractivity contribution in [3.8, 4) is 11.4 Å². The fourth-order valence-corrected chi connectivity index (χ4v) is 3.82. The number of aryl methyl sites for hydroxylation is 4. The monoisotopic (exact) mass is 397 g/mol. The summed E-state index contributed by atoms with van der Waals surface area (Å²) in [7, 11) is 0. The van der Waals surface area contributed by atoms with Crippen LogP contribution in [0.25, 0.3) is 22.3 Å². The molecule has 2 aromatic carbocycles. The van der Waals surface area contributed by atoms with Gasteiger partial charge in [-0.2, -0.15) is 0 Å². The van der Waals surface area contributed by atoms with Gasteiger partial charge in [-0.3, -0.25) is 9.78 Å². The molecule has 0 aliphatic heterocycles. The van der Waals surface area contributed by atoms with Crippen LogP contribution in [-0.2, 0) is 11.2 Å². The zero-order valence-corrected chi connectivity index (χ0v) is 17.8. The van der Waals surface area contributed by atoms with Gasteiger partial charge in [0, 0.05) is 29.2 Å². The van der Waals surface area contributed by atoms with Crippen LogP contribution in [0, 0.1) is 20.8 Å². The van der Waals surface area contributed by atoms with E-state index in [4.69, 9.17) is 0 Å².